The van der Waals surface area contributed by atoms with Crippen LogP contribution in [0.25, 0.3) is 11.0 Å². The predicted octanol–water partition coefficient (Wildman–Crippen LogP) is 2.36. The van der Waals surface area contributed by atoms with Crippen molar-refractivity contribution in [1.29, 1.82) is 0 Å². The number of nitrogens with one attached hydrogen (secondary N) is 1. The number of rotatable bonds is 1. The molecule has 0 bridgehead atoms. The minimum atomic E-state index is 0.00315. The Kier molecular flexibility index (Phi) is 3.03. The first kappa shape index (κ1) is 12.0. The molecule has 1 aromatic carbocycles. The molecular formula is C13H16BrN3O. The lowest BCUT2D eigenvalue weighted by molar-refractivity contribution is 0.212. The van der Waals surface area contributed by atoms with Crippen LogP contribution in [-0.2, 0) is 0 Å². The normalized spacial score (nSPS) is 21.6. The number of aromatic amines is 1. The van der Waals surface area contributed by atoms with Gasteiger partial charge in [-0.05, 0) is 44.6 Å². The second-order valence-corrected chi connectivity index (χ2v) is 5.94. The Morgan fingerprint density at radius 1 is 1.44 bits per heavy atom. The highest BCUT2D eigenvalue weighted by Crippen LogP contribution is 2.24. The van der Waals surface area contributed by atoms with E-state index in [4.69, 9.17) is 0 Å². The van der Waals surface area contributed by atoms with E-state index < -0.39 is 0 Å². The standard InChI is InChI=1S/C13H16BrN3O/c1-16-6-2-3-10(8-16)17-12-7-9(14)4-5-11(12)15-13(17)18/h4-5,7,10H,2-3,6,8H2,1H3,(H,15,18). The van der Waals surface area contributed by atoms with Gasteiger partial charge in [-0.15, -0.1) is 0 Å². The van der Waals surface area contributed by atoms with Crippen LogP contribution in [0.1, 0.15) is 18.9 Å². The number of imidazole rings is 1. The number of hydrogen-bond acceptors (Lipinski definition) is 2. The third-order valence-electron chi connectivity index (χ3n) is 3.64. The molecule has 4 nitrogen and oxygen atoms in total. The van der Waals surface area contributed by atoms with Crippen molar-refractivity contribution >= 4 is 27.0 Å². The summed E-state index contributed by atoms with van der Waals surface area (Å²) in [6.07, 6.45) is 2.22. The minimum Gasteiger partial charge on any atom is -0.306 e. The Hall–Kier alpha value is -1.07. The number of aromatic nitrogens is 2. The van der Waals surface area contributed by atoms with Gasteiger partial charge >= 0.3 is 5.69 Å². The molecule has 96 valence electrons. The molecule has 1 saturated heterocycles. The van der Waals surface area contributed by atoms with Gasteiger partial charge < -0.3 is 9.88 Å². The molecule has 5 heteroatoms. The number of likely N-dealkylation sites (N-methyl/N-ethyl adjacent to an activating group) is 1. The number of H-pyrrole nitrogens is 1. The second kappa shape index (κ2) is 4.55. The molecular weight excluding hydrogens is 294 g/mol. The number of likely N-dealkylation sites (tertiary alicyclic amines) is 1. The summed E-state index contributed by atoms with van der Waals surface area (Å²) in [5.41, 5.74) is 1.91. The van der Waals surface area contributed by atoms with E-state index >= 15 is 0 Å². The third kappa shape index (κ3) is 2.01. The summed E-state index contributed by atoms with van der Waals surface area (Å²) in [6, 6.07) is 6.20. The van der Waals surface area contributed by atoms with Crippen molar-refractivity contribution in [2.45, 2.75) is 18.9 Å². The number of fused-ring (bicyclic) bond motifs is 1. The number of hydrogen-bond donors (Lipinski definition) is 1. The van der Waals surface area contributed by atoms with Crippen LogP contribution in [0.3, 0.4) is 0 Å². The van der Waals surface area contributed by atoms with E-state index in [2.05, 4.69) is 32.9 Å². The van der Waals surface area contributed by atoms with Crippen LogP contribution in [-0.4, -0.2) is 34.6 Å². The van der Waals surface area contributed by atoms with Gasteiger partial charge in [-0.1, -0.05) is 15.9 Å². The fourth-order valence-corrected chi connectivity index (χ4v) is 3.16. The van der Waals surface area contributed by atoms with E-state index in [0.29, 0.717) is 0 Å². The minimum absolute atomic E-state index is 0.00315. The lowest BCUT2D eigenvalue weighted by Crippen LogP contribution is -2.36. The molecule has 0 saturated carbocycles. The first-order chi connectivity index (χ1) is 8.65. The molecule has 1 aliphatic heterocycles. The lowest BCUT2D eigenvalue weighted by atomic mass is 10.1. The molecule has 0 radical (unpaired) electrons. The van der Waals surface area contributed by atoms with Crippen molar-refractivity contribution in [2.24, 2.45) is 0 Å². The van der Waals surface area contributed by atoms with Gasteiger partial charge in [-0.3, -0.25) is 4.57 Å². The molecule has 2 heterocycles. The molecule has 0 spiro atoms. The summed E-state index contributed by atoms with van der Waals surface area (Å²) >= 11 is 3.47. The predicted molar refractivity (Wildman–Crippen MR) is 76.0 cm³/mol. The average Bonchev–Trinajstić information content (AvgIpc) is 2.64. The van der Waals surface area contributed by atoms with E-state index in [1.165, 1.54) is 0 Å². The van der Waals surface area contributed by atoms with Gasteiger partial charge in [0.05, 0.1) is 17.1 Å². The monoisotopic (exact) mass is 309 g/mol. The number of nitrogens with zero attached hydrogens (tertiary/aromatic N) is 2. The highest BCUT2D eigenvalue weighted by atomic mass is 79.9. The third-order valence-corrected chi connectivity index (χ3v) is 4.14. The van der Waals surface area contributed by atoms with E-state index in [1.54, 1.807) is 0 Å². The Labute approximate surface area is 114 Å². The maximum Gasteiger partial charge on any atom is 0.326 e. The molecule has 0 amide bonds. The summed E-state index contributed by atoms with van der Waals surface area (Å²) in [7, 11) is 2.11. The molecule has 1 atom stereocenters. The number of halogens is 1. The van der Waals surface area contributed by atoms with Crippen LogP contribution in [0, 0.1) is 0 Å². The lowest BCUT2D eigenvalue weighted by Gasteiger charge is -2.30. The smallest absolute Gasteiger partial charge is 0.306 e. The number of piperidine rings is 1. The first-order valence-corrected chi connectivity index (χ1v) is 7.03. The van der Waals surface area contributed by atoms with Gasteiger partial charge in [0.2, 0.25) is 0 Å². The molecule has 1 aliphatic rings. The van der Waals surface area contributed by atoms with Gasteiger partial charge in [0.15, 0.2) is 0 Å². The average molecular weight is 310 g/mol. The number of benzene rings is 1. The van der Waals surface area contributed by atoms with Gasteiger partial charge in [-0.2, -0.15) is 0 Å². The summed E-state index contributed by atoms with van der Waals surface area (Å²) in [4.78, 5) is 17.4. The van der Waals surface area contributed by atoms with Crippen molar-refractivity contribution in [2.75, 3.05) is 20.1 Å². The fraction of sp³-hybridized carbons (Fsp3) is 0.462. The molecule has 1 aromatic heterocycles. The van der Waals surface area contributed by atoms with Crippen LogP contribution in [0.15, 0.2) is 27.5 Å². The Balaban J connectivity index is 2.12. The van der Waals surface area contributed by atoms with Crippen LogP contribution < -0.4 is 5.69 Å². The van der Waals surface area contributed by atoms with Gasteiger partial charge in [0.25, 0.3) is 0 Å². The highest BCUT2D eigenvalue weighted by molar-refractivity contribution is 9.10. The first-order valence-electron chi connectivity index (χ1n) is 6.23. The summed E-state index contributed by atoms with van der Waals surface area (Å²) in [5.74, 6) is 0. The zero-order chi connectivity index (χ0) is 12.7. The Morgan fingerprint density at radius 3 is 3.06 bits per heavy atom. The topological polar surface area (TPSA) is 41.0 Å². The van der Waals surface area contributed by atoms with Crippen molar-refractivity contribution < 1.29 is 0 Å². The van der Waals surface area contributed by atoms with Crippen molar-refractivity contribution in [3.8, 4) is 0 Å². The van der Waals surface area contributed by atoms with Gasteiger partial charge in [0, 0.05) is 11.0 Å². The molecule has 2 aromatic rings. The van der Waals surface area contributed by atoms with Gasteiger partial charge in [-0.25, -0.2) is 4.79 Å². The van der Waals surface area contributed by atoms with E-state index in [-0.39, 0.29) is 11.7 Å². The second-order valence-electron chi connectivity index (χ2n) is 5.02. The molecule has 1 unspecified atom stereocenters. The van der Waals surface area contributed by atoms with Crippen molar-refractivity contribution in [1.82, 2.24) is 14.5 Å². The van der Waals surface area contributed by atoms with Gasteiger partial charge in [0.1, 0.15) is 0 Å². The van der Waals surface area contributed by atoms with Crippen LogP contribution in [0.2, 0.25) is 0 Å². The summed E-state index contributed by atoms with van der Waals surface area (Å²) < 4.78 is 2.92. The highest BCUT2D eigenvalue weighted by Gasteiger charge is 2.22. The molecule has 1 fully saturated rings. The maximum absolute atomic E-state index is 12.1. The molecule has 0 aliphatic carbocycles. The quantitative estimate of drug-likeness (QED) is 0.878. The van der Waals surface area contributed by atoms with E-state index in [9.17, 15) is 4.79 Å². The van der Waals surface area contributed by atoms with E-state index in [0.717, 1.165) is 41.4 Å². The van der Waals surface area contributed by atoms with Crippen molar-refractivity contribution in [3.05, 3.63) is 33.2 Å². The summed E-state index contributed by atoms with van der Waals surface area (Å²) in [6.45, 7) is 2.07. The zero-order valence-corrected chi connectivity index (χ0v) is 11.9. The fourth-order valence-electron chi connectivity index (χ4n) is 2.81. The largest absolute Gasteiger partial charge is 0.326 e. The Bertz CT molecular complexity index is 631. The van der Waals surface area contributed by atoms with Crippen LogP contribution in [0.4, 0.5) is 0 Å². The van der Waals surface area contributed by atoms with Crippen molar-refractivity contribution in [3.63, 3.8) is 0 Å². The molecule has 3 rings (SSSR count). The van der Waals surface area contributed by atoms with E-state index in [1.807, 2.05) is 22.8 Å². The van der Waals surface area contributed by atoms with Crippen LogP contribution >= 0.6 is 15.9 Å². The molecule has 1 N–H and O–H groups in total. The summed E-state index contributed by atoms with van der Waals surface area (Å²) in [5, 5.41) is 0. The van der Waals surface area contributed by atoms with Crippen LogP contribution in [0.5, 0.6) is 0 Å². The Morgan fingerprint density at radius 2 is 2.28 bits per heavy atom. The maximum atomic E-state index is 12.1. The molecule has 18 heavy (non-hydrogen) atoms. The SMILES string of the molecule is CN1CCCC(n2c(=O)[nH]c3ccc(Br)cc32)C1. The zero-order valence-electron chi connectivity index (χ0n) is 10.3.